The molecule has 0 spiro atoms. The zero-order valence-corrected chi connectivity index (χ0v) is 12.1. The molecule has 5 heteroatoms. The summed E-state index contributed by atoms with van der Waals surface area (Å²) in [5.74, 6) is -0.306. The Balaban J connectivity index is 2.42. The van der Waals surface area contributed by atoms with E-state index in [0.29, 0.717) is 19.2 Å². The van der Waals surface area contributed by atoms with Crippen LogP contribution >= 0.6 is 0 Å². The van der Waals surface area contributed by atoms with Crippen LogP contribution in [0.4, 0.5) is 0 Å². The van der Waals surface area contributed by atoms with Gasteiger partial charge in [-0.1, -0.05) is 0 Å². The summed E-state index contributed by atoms with van der Waals surface area (Å²) in [5, 5.41) is 0. The molecule has 0 aliphatic carbocycles. The molecule has 5 nitrogen and oxygen atoms in total. The van der Waals surface area contributed by atoms with E-state index in [0.717, 1.165) is 25.9 Å². The zero-order valence-electron chi connectivity index (χ0n) is 12.1. The van der Waals surface area contributed by atoms with Gasteiger partial charge in [0.2, 0.25) is 0 Å². The van der Waals surface area contributed by atoms with Crippen LogP contribution in [-0.2, 0) is 9.53 Å². The van der Waals surface area contributed by atoms with Gasteiger partial charge in [-0.15, -0.1) is 0 Å². The molecule has 18 heavy (non-hydrogen) atoms. The molecular weight excluding hydrogens is 230 g/mol. The molecule has 1 aliphatic heterocycles. The van der Waals surface area contributed by atoms with Gasteiger partial charge in [-0.25, -0.2) is 0 Å². The van der Waals surface area contributed by atoms with Crippen LogP contribution in [0, 0.1) is 0 Å². The number of esters is 1. The Bertz CT molecular complexity index is 271. The quantitative estimate of drug-likeness (QED) is 0.718. The molecule has 1 rings (SSSR count). The fraction of sp³-hybridized carbons (Fsp3) is 0.923. The van der Waals surface area contributed by atoms with Crippen molar-refractivity contribution in [2.75, 3.05) is 40.3 Å². The second-order valence-corrected chi connectivity index (χ2v) is 5.61. The zero-order chi connectivity index (χ0) is 13.8. The van der Waals surface area contributed by atoms with Crippen molar-refractivity contribution >= 4 is 5.97 Å². The predicted octanol–water partition coefficient (Wildman–Crippen LogP) is 0.293. The average Bonchev–Trinajstić information content (AvgIpc) is 2.29. The number of nitrogens with two attached hydrogens (primary N) is 1. The van der Waals surface area contributed by atoms with Crippen LogP contribution in [0.5, 0.6) is 0 Å². The minimum Gasteiger partial charge on any atom is -0.465 e. The van der Waals surface area contributed by atoms with Crippen LogP contribution in [0.15, 0.2) is 0 Å². The number of carbonyl (C=O) groups is 1. The van der Waals surface area contributed by atoms with E-state index < -0.39 is 5.54 Å². The summed E-state index contributed by atoms with van der Waals surface area (Å²) in [4.78, 5) is 16.3. The number of ether oxygens (including phenoxy) is 1. The molecule has 0 aromatic heterocycles. The third-order valence-electron chi connectivity index (χ3n) is 3.58. The van der Waals surface area contributed by atoms with E-state index in [1.807, 2.05) is 0 Å². The minimum atomic E-state index is -0.902. The molecule has 2 N–H and O–H groups in total. The minimum absolute atomic E-state index is 0.306. The van der Waals surface area contributed by atoms with Crippen molar-refractivity contribution in [2.45, 2.75) is 38.3 Å². The van der Waals surface area contributed by atoms with Crippen molar-refractivity contribution in [3.63, 3.8) is 0 Å². The largest absolute Gasteiger partial charge is 0.465 e. The molecule has 0 amide bonds. The van der Waals surface area contributed by atoms with Gasteiger partial charge in [-0.05, 0) is 53.9 Å². The highest BCUT2D eigenvalue weighted by atomic mass is 16.5. The summed E-state index contributed by atoms with van der Waals surface area (Å²) >= 11 is 0. The molecule has 1 saturated heterocycles. The van der Waals surface area contributed by atoms with Gasteiger partial charge in [-0.3, -0.25) is 4.79 Å². The Hall–Kier alpha value is -0.650. The molecule has 1 aliphatic rings. The lowest BCUT2D eigenvalue weighted by Crippen LogP contribution is -2.56. The summed E-state index contributed by atoms with van der Waals surface area (Å²) in [6.45, 7) is 6.50. The number of piperidine rings is 1. The van der Waals surface area contributed by atoms with Gasteiger partial charge in [0.1, 0.15) is 5.54 Å². The van der Waals surface area contributed by atoms with Gasteiger partial charge in [0.15, 0.2) is 0 Å². The number of carbonyl (C=O) groups excluding carboxylic acids is 1. The number of likely N-dealkylation sites (tertiary alicyclic amines) is 1. The standard InChI is InChI=1S/C13H27N3O2/c1-5-18-12(17)13(2,14)10-16-8-6-11(7-9-16)15(3)4/h11H,5-10,14H2,1-4H3. The van der Waals surface area contributed by atoms with E-state index in [9.17, 15) is 4.79 Å². The Kier molecular flexibility index (Phi) is 5.56. The van der Waals surface area contributed by atoms with Crippen molar-refractivity contribution in [3.8, 4) is 0 Å². The fourth-order valence-electron chi connectivity index (χ4n) is 2.42. The molecule has 1 fully saturated rings. The first-order valence-electron chi connectivity index (χ1n) is 6.71. The van der Waals surface area contributed by atoms with Crippen molar-refractivity contribution < 1.29 is 9.53 Å². The monoisotopic (exact) mass is 257 g/mol. The van der Waals surface area contributed by atoms with Crippen LogP contribution in [0.2, 0.25) is 0 Å². The summed E-state index contributed by atoms with van der Waals surface area (Å²) in [7, 11) is 4.23. The molecule has 1 atom stereocenters. The molecule has 0 saturated carbocycles. The van der Waals surface area contributed by atoms with Crippen molar-refractivity contribution in [1.82, 2.24) is 9.80 Å². The van der Waals surface area contributed by atoms with E-state index in [-0.39, 0.29) is 5.97 Å². The summed E-state index contributed by atoms with van der Waals surface area (Å²) in [6.07, 6.45) is 2.26. The maximum atomic E-state index is 11.7. The first-order valence-corrected chi connectivity index (χ1v) is 6.71. The highest BCUT2D eigenvalue weighted by molar-refractivity contribution is 5.80. The van der Waals surface area contributed by atoms with E-state index in [1.54, 1.807) is 13.8 Å². The smallest absolute Gasteiger partial charge is 0.327 e. The van der Waals surface area contributed by atoms with Gasteiger partial charge < -0.3 is 20.3 Å². The molecule has 0 aromatic carbocycles. The summed E-state index contributed by atoms with van der Waals surface area (Å²) in [5.41, 5.74) is 5.14. The summed E-state index contributed by atoms with van der Waals surface area (Å²) < 4.78 is 5.01. The highest BCUT2D eigenvalue weighted by Gasteiger charge is 2.33. The fourth-order valence-corrected chi connectivity index (χ4v) is 2.42. The maximum absolute atomic E-state index is 11.7. The lowest BCUT2D eigenvalue weighted by molar-refractivity contribution is -0.149. The van der Waals surface area contributed by atoms with Gasteiger partial charge in [0, 0.05) is 12.6 Å². The Morgan fingerprint density at radius 1 is 1.44 bits per heavy atom. The predicted molar refractivity (Wildman–Crippen MR) is 72.4 cm³/mol. The van der Waals surface area contributed by atoms with Crippen LogP contribution in [0.3, 0.4) is 0 Å². The molecule has 0 bridgehead atoms. The van der Waals surface area contributed by atoms with Crippen LogP contribution in [0.1, 0.15) is 26.7 Å². The molecule has 1 unspecified atom stereocenters. The SMILES string of the molecule is CCOC(=O)C(C)(N)CN1CCC(N(C)C)CC1. The van der Waals surface area contributed by atoms with Gasteiger partial charge in [0.05, 0.1) is 6.61 Å². The van der Waals surface area contributed by atoms with E-state index in [4.69, 9.17) is 10.5 Å². The highest BCUT2D eigenvalue weighted by Crippen LogP contribution is 2.16. The van der Waals surface area contributed by atoms with Crippen molar-refractivity contribution in [2.24, 2.45) is 5.73 Å². The number of nitrogens with zero attached hydrogens (tertiary/aromatic N) is 2. The molecule has 1 heterocycles. The third kappa shape index (κ3) is 4.23. The Morgan fingerprint density at radius 3 is 2.44 bits per heavy atom. The molecular formula is C13H27N3O2. The normalized spacial score (nSPS) is 21.9. The van der Waals surface area contributed by atoms with Crippen LogP contribution in [-0.4, -0.2) is 67.7 Å². The maximum Gasteiger partial charge on any atom is 0.327 e. The van der Waals surface area contributed by atoms with Crippen molar-refractivity contribution in [1.29, 1.82) is 0 Å². The first-order chi connectivity index (χ1) is 8.36. The van der Waals surface area contributed by atoms with Gasteiger partial charge in [-0.2, -0.15) is 0 Å². The third-order valence-corrected chi connectivity index (χ3v) is 3.58. The van der Waals surface area contributed by atoms with Crippen LogP contribution in [0.25, 0.3) is 0 Å². The molecule has 106 valence electrons. The first kappa shape index (κ1) is 15.4. The number of hydrogen-bond acceptors (Lipinski definition) is 5. The lowest BCUT2D eigenvalue weighted by Gasteiger charge is -2.38. The van der Waals surface area contributed by atoms with Gasteiger partial charge in [0.25, 0.3) is 0 Å². The Labute approximate surface area is 110 Å². The Morgan fingerprint density at radius 2 is 2.00 bits per heavy atom. The number of rotatable bonds is 5. The average molecular weight is 257 g/mol. The van der Waals surface area contributed by atoms with Gasteiger partial charge >= 0.3 is 5.97 Å². The topological polar surface area (TPSA) is 58.8 Å². The van der Waals surface area contributed by atoms with E-state index in [1.165, 1.54) is 0 Å². The second kappa shape index (κ2) is 6.50. The molecule has 0 aromatic rings. The number of hydrogen-bond donors (Lipinski definition) is 1. The second-order valence-electron chi connectivity index (χ2n) is 5.61. The van der Waals surface area contributed by atoms with Crippen LogP contribution < -0.4 is 5.73 Å². The lowest BCUT2D eigenvalue weighted by atomic mass is 9.99. The summed E-state index contributed by atoms with van der Waals surface area (Å²) in [6, 6.07) is 0.646. The van der Waals surface area contributed by atoms with E-state index in [2.05, 4.69) is 23.9 Å². The molecule has 0 radical (unpaired) electrons. The van der Waals surface area contributed by atoms with E-state index >= 15 is 0 Å². The van der Waals surface area contributed by atoms with Crippen molar-refractivity contribution in [3.05, 3.63) is 0 Å².